The van der Waals surface area contributed by atoms with Crippen LogP contribution < -0.4 is 10.7 Å². The fraction of sp³-hybridized carbons (Fsp3) is 0.0667. The molecule has 3 N–H and O–H groups in total. The Hall–Kier alpha value is -2.40. The van der Waals surface area contributed by atoms with Gasteiger partial charge < -0.3 is 10.4 Å². The van der Waals surface area contributed by atoms with E-state index in [0.717, 1.165) is 11.3 Å². The summed E-state index contributed by atoms with van der Waals surface area (Å²) in [4.78, 5) is 0. The van der Waals surface area contributed by atoms with Gasteiger partial charge in [-0.2, -0.15) is 5.10 Å². The summed E-state index contributed by atoms with van der Waals surface area (Å²) in [5.41, 5.74) is 5.38. The van der Waals surface area contributed by atoms with E-state index in [-0.39, 0.29) is 5.75 Å². The first-order chi connectivity index (χ1) is 9.65. The Bertz CT molecular complexity index is 641. The van der Waals surface area contributed by atoms with Crippen molar-refractivity contribution in [2.75, 3.05) is 5.32 Å². The third-order valence-corrected chi connectivity index (χ3v) is 2.78. The lowest BCUT2D eigenvalue weighted by Gasteiger charge is -2.07. The molecule has 0 aliphatic rings. The summed E-state index contributed by atoms with van der Waals surface area (Å²) >= 11 is 5.13. The zero-order valence-electron chi connectivity index (χ0n) is 11.0. The van der Waals surface area contributed by atoms with Gasteiger partial charge in [0.1, 0.15) is 5.75 Å². The molecule has 0 saturated carbocycles. The molecule has 0 aliphatic heterocycles. The summed E-state index contributed by atoms with van der Waals surface area (Å²) < 4.78 is 0. The molecule has 0 spiro atoms. The quantitative estimate of drug-likeness (QED) is 0.461. The lowest BCUT2D eigenvalue weighted by atomic mass is 10.2. The minimum Gasteiger partial charge on any atom is -0.507 e. The van der Waals surface area contributed by atoms with Crippen molar-refractivity contribution in [3.05, 3.63) is 59.7 Å². The second kappa shape index (κ2) is 6.68. The number of aromatic hydroxyl groups is 1. The third-order valence-electron chi connectivity index (χ3n) is 2.58. The van der Waals surface area contributed by atoms with Gasteiger partial charge in [0.05, 0.1) is 6.21 Å². The average Bonchev–Trinajstić information content (AvgIpc) is 2.41. The van der Waals surface area contributed by atoms with Gasteiger partial charge in [-0.25, -0.2) is 0 Å². The normalized spacial score (nSPS) is 10.4. The van der Waals surface area contributed by atoms with Gasteiger partial charge in [0.25, 0.3) is 0 Å². The van der Waals surface area contributed by atoms with E-state index in [4.69, 9.17) is 12.2 Å². The Kier molecular flexibility index (Phi) is 4.68. The van der Waals surface area contributed by atoms with Gasteiger partial charge in [-0.05, 0) is 49.0 Å². The van der Waals surface area contributed by atoms with Gasteiger partial charge in [0.15, 0.2) is 5.11 Å². The summed E-state index contributed by atoms with van der Waals surface area (Å²) in [6.07, 6.45) is 1.51. The molecule has 2 rings (SSSR count). The molecular formula is C15H15N3OS. The number of phenolic OH excluding ortho intramolecular Hbond substituents is 1. The molecule has 0 amide bonds. The lowest BCUT2D eigenvalue weighted by molar-refractivity contribution is 0.474. The monoisotopic (exact) mass is 285 g/mol. The number of aryl methyl sites for hydroxylation is 1. The predicted molar refractivity (Wildman–Crippen MR) is 86.2 cm³/mol. The maximum atomic E-state index is 9.57. The summed E-state index contributed by atoms with van der Waals surface area (Å²) in [5, 5.41) is 17.0. The number of hydrogen-bond acceptors (Lipinski definition) is 3. The fourth-order valence-electron chi connectivity index (χ4n) is 1.64. The molecule has 0 aliphatic carbocycles. The largest absolute Gasteiger partial charge is 0.507 e. The van der Waals surface area contributed by atoms with Crippen LogP contribution in [0.4, 0.5) is 5.69 Å². The molecule has 0 aromatic heterocycles. The van der Waals surface area contributed by atoms with E-state index in [1.54, 1.807) is 18.2 Å². The van der Waals surface area contributed by atoms with Crippen LogP contribution >= 0.6 is 12.2 Å². The van der Waals surface area contributed by atoms with Crippen molar-refractivity contribution in [3.63, 3.8) is 0 Å². The molecule has 0 heterocycles. The highest BCUT2D eigenvalue weighted by Gasteiger charge is 1.97. The SMILES string of the molecule is Cc1cccc(NC(=S)N/N=C\c2ccccc2O)c1. The molecule has 2 aromatic rings. The smallest absolute Gasteiger partial charge is 0.191 e. The van der Waals surface area contributed by atoms with Crippen LogP contribution in [0.15, 0.2) is 53.6 Å². The van der Waals surface area contributed by atoms with E-state index in [0.29, 0.717) is 10.7 Å². The first kappa shape index (κ1) is 14.0. The van der Waals surface area contributed by atoms with E-state index >= 15 is 0 Å². The van der Waals surface area contributed by atoms with Crippen LogP contribution in [0.5, 0.6) is 5.75 Å². The van der Waals surface area contributed by atoms with Gasteiger partial charge in [-0.15, -0.1) is 0 Å². The Labute approximate surface area is 123 Å². The molecule has 0 fully saturated rings. The van der Waals surface area contributed by atoms with Gasteiger partial charge in [-0.3, -0.25) is 5.43 Å². The van der Waals surface area contributed by atoms with Crippen LogP contribution in [0.1, 0.15) is 11.1 Å². The van der Waals surface area contributed by atoms with Crippen LogP contribution in [-0.4, -0.2) is 16.4 Å². The number of nitrogens with one attached hydrogen (secondary N) is 2. The van der Waals surface area contributed by atoms with Crippen molar-refractivity contribution in [1.29, 1.82) is 0 Å². The Morgan fingerprint density at radius 1 is 1.20 bits per heavy atom. The summed E-state index contributed by atoms with van der Waals surface area (Å²) in [6.45, 7) is 2.01. The van der Waals surface area contributed by atoms with E-state index in [2.05, 4.69) is 15.8 Å². The summed E-state index contributed by atoms with van der Waals surface area (Å²) in [6, 6.07) is 14.8. The fourth-order valence-corrected chi connectivity index (χ4v) is 1.81. The molecule has 0 radical (unpaired) electrons. The minimum atomic E-state index is 0.176. The highest BCUT2D eigenvalue weighted by atomic mass is 32.1. The van der Waals surface area contributed by atoms with E-state index in [1.165, 1.54) is 6.21 Å². The molecule has 4 nitrogen and oxygen atoms in total. The number of hydrogen-bond donors (Lipinski definition) is 3. The van der Waals surface area contributed by atoms with Crippen LogP contribution in [-0.2, 0) is 0 Å². The van der Waals surface area contributed by atoms with E-state index in [1.807, 2.05) is 37.3 Å². The van der Waals surface area contributed by atoms with Crippen molar-refractivity contribution in [2.45, 2.75) is 6.92 Å². The first-order valence-electron chi connectivity index (χ1n) is 6.10. The van der Waals surface area contributed by atoms with Gasteiger partial charge >= 0.3 is 0 Å². The topological polar surface area (TPSA) is 56.7 Å². The predicted octanol–water partition coefficient (Wildman–Crippen LogP) is 3.02. The summed E-state index contributed by atoms with van der Waals surface area (Å²) in [5.74, 6) is 0.176. The van der Waals surface area contributed by atoms with Crippen molar-refractivity contribution in [1.82, 2.24) is 5.43 Å². The molecule has 5 heteroatoms. The van der Waals surface area contributed by atoms with Crippen molar-refractivity contribution < 1.29 is 5.11 Å². The van der Waals surface area contributed by atoms with Gasteiger partial charge in [0, 0.05) is 11.3 Å². The molecule has 20 heavy (non-hydrogen) atoms. The maximum Gasteiger partial charge on any atom is 0.191 e. The number of thiocarbonyl (C=S) groups is 1. The lowest BCUT2D eigenvalue weighted by Crippen LogP contribution is -2.23. The molecule has 0 saturated heterocycles. The first-order valence-corrected chi connectivity index (χ1v) is 6.51. The maximum absolute atomic E-state index is 9.57. The number of hydrazone groups is 1. The van der Waals surface area contributed by atoms with Crippen molar-refractivity contribution in [2.24, 2.45) is 5.10 Å². The highest BCUT2D eigenvalue weighted by Crippen LogP contribution is 2.12. The zero-order valence-corrected chi connectivity index (χ0v) is 11.8. The Morgan fingerprint density at radius 2 is 2.00 bits per heavy atom. The number of nitrogens with zero attached hydrogens (tertiary/aromatic N) is 1. The molecule has 0 unspecified atom stereocenters. The molecule has 0 atom stereocenters. The number of benzene rings is 2. The molecule has 2 aromatic carbocycles. The Morgan fingerprint density at radius 3 is 2.75 bits per heavy atom. The van der Waals surface area contributed by atoms with Crippen LogP contribution in [0.2, 0.25) is 0 Å². The number of phenols is 1. The third kappa shape index (κ3) is 4.07. The highest BCUT2D eigenvalue weighted by molar-refractivity contribution is 7.80. The van der Waals surface area contributed by atoms with Crippen molar-refractivity contribution in [3.8, 4) is 5.75 Å². The Balaban J connectivity index is 1.91. The van der Waals surface area contributed by atoms with Crippen LogP contribution in [0, 0.1) is 6.92 Å². The number of rotatable bonds is 3. The minimum absolute atomic E-state index is 0.176. The zero-order chi connectivity index (χ0) is 14.4. The van der Waals surface area contributed by atoms with E-state index < -0.39 is 0 Å². The van der Waals surface area contributed by atoms with Crippen LogP contribution in [0.3, 0.4) is 0 Å². The van der Waals surface area contributed by atoms with Crippen LogP contribution in [0.25, 0.3) is 0 Å². The molecule has 0 bridgehead atoms. The second-order valence-corrected chi connectivity index (χ2v) is 4.66. The number of anilines is 1. The number of para-hydroxylation sites is 1. The van der Waals surface area contributed by atoms with Crippen molar-refractivity contribution >= 4 is 29.2 Å². The standard InChI is InChI=1S/C15H15N3OS/c1-11-5-4-7-13(9-11)17-15(20)18-16-10-12-6-2-3-8-14(12)19/h2-10,19H,1H3,(H2,17,18,20)/b16-10-. The summed E-state index contributed by atoms with van der Waals surface area (Å²) in [7, 11) is 0. The van der Waals surface area contributed by atoms with Gasteiger partial charge in [-0.1, -0.05) is 24.3 Å². The van der Waals surface area contributed by atoms with Gasteiger partial charge in [0.2, 0.25) is 0 Å². The van der Waals surface area contributed by atoms with E-state index in [9.17, 15) is 5.11 Å². The average molecular weight is 285 g/mol. The molecule has 102 valence electrons. The second-order valence-electron chi connectivity index (χ2n) is 4.25. The molecular weight excluding hydrogens is 270 g/mol.